The Labute approximate surface area is 151 Å². The van der Waals surface area contributed by atoms with Crippen molar-refractivity contribution in [2.45, 2.75) is 76.2 Å². The summed E-state index contributed by atoms with van der Waals surface area (Å²) >= 11 is 0. The lowest BCUT2D eigenvalue weighted by Gasteiger charge is -2.59. The molecular formula is C19H31N3O2S. The Morgan fingerprint density at radius 3 is 2.24 bits per heavy atom. The second-order valence-corrected chi connectivity index (χ2v) is 10.6. The van der Waals surface area contributed by atoms with Crippen molar-refractivity contribution in [2.75, 3.05) is 0 Å². The van der Waals surface area contributed by atoms with Gasteiger partial charge in [0, 0.05) is 13.1 Å². The van der Waals surface area contributed by atoms with E-state index in [0.717, 1.165) is 30.6 Å². The first-order valence-electron chi connectivity index (χ1n) is 9.84. The van der Waals surface area contributed by atoms with Crippen LogP contribution in [-0.2, 0) is 17.1 Å². The van der Waals surface area contributed by atoms with E-state index < -0.39 is 10.0 Å². The Morgan fingerprint density at radius 2 is 1.80 bits per heavy atom. The van der Waals surface area contributed by atoms with Crippen molar-refractivity contribution >= 4 is 10.0 Å². The van der Waals surface area contributed by atoms with Gasteiger partial charge in [-0.2, -0.15) is 5.10 Å². The van der Waals surface area contributed by atoms with Gasteiger partial charge in [0.1, 0.15) is 4.90 Å². The van der Waals surface area contributed by atoms with Crippen LogP contribution in [-0.4, -0.2) is 24.2 Å². The fraction of sp³-hybridized carbons (Fsp3) is 0.842. The summed E-state index contributed by atoms with van der Waals surface area (Å²) in [6.07, 6.45) is 11.2. The summed E-state index contributed by atoms with van der Waals surface area (Å²) in [5.74, 6) is 2.49. The number of rotatable bonds is 6. The second-order valence-electron chi connectivity index (χ2n) is 8.96. The zero-order valence-electron chi connectivity index (χ0n) is 15.7. The van der Waals surface area contributed by atoms with E-state index in [4.69, 9.17) is 0 Å². The molecule has 0 amide bonds. The Hall–Kier alpha value is -0.880. The zero-order chi connectivity index (χ0) is 17.8. The fourth-order valence-corrected chi connectivity index (χ4v) is 7.95. The van der Waals surface area contributed by atoms with Gasteiger partial charge < -0.3 is 0 Å². The van der Waals surface area contributed by atoms with E-state index in [-0.39, 0.29) is 11.5 Å². The number of hydrogen-bond acceptors (Lipinski definition) is 3. The van der Waals surface area contributed by atoms with Crippen molar-refractivity contribution in [1.82, 2.24) is 14.5 Å². The minimum absolute atomic E-state index is 0.0653. The van der Waals surface area contributed by atoms with Crippen LogP contribution in [0.15, 0.2) is 11.1 Å². The molecular weight excluding hydrogens is 334 g/mol. The van der Waals surface area contributed by atoms with Gasteiger partial charge in [0.15, 0.2) is 0 Å². The third-order valence-electron chi connectivity index (χ3n) is 7.18. The van der Waals surface area contributed by atoms with Gasteiger partial charge in [-0.1, -0.05) is 13.3 Å². The lowest BCUT2D eigenvalue weighted by Crippen LogP contribution is -2.56. The van der Waals surface area contributed by atoms with Gasteiger partial charge in [-0.25, -0.2) is 13.1 Å². The van der Waals surface area contributed by atoms with Crippen LogP contribution in [0.3, 0.4) is 0 Å². The van der Waals surface area contributed by atoms with Gasteiger partial charge in [-0.15, -0.1) is 0 Å². The Balaban J connectivity index is 1.63. The van der Waals surface area contributed by atoms with E-state index in [1.807, 2.05) is 6.92 Å². The summed E-state index contributed by atoms with van der Waals surface area (Å²) < 4.78 is 30.9. The first-order valence-corrected chi connectivity index (χ1v) is 11.3. The number of nitrogens with zero attached hydrogens (tertiary/aromatic N) is 2. The van der Waals surface area contributed by atoms with Crippen molar-refractivity contribution in [3.63, 3.8) is 0 Å². The van der Waals surface area contributed by atoms with E-state index in [0.29, 0.717) is 10.6 Å². The van der Waals surface area contributed by atoms with Gasteiger partial charge in [-0.3, -0.25) is 4.68 Å². The molecule has 4 aliphatic carbocycles. The van der Waals surface area contributed by atoms with Gasteiger partial charge in [0.05, 0.1) is 11.9 Å². The molecule has 1 aromatic heterocycles. The van der Waals surface area contributed by atoms with Crippen LogP contribution < -0.4 is 4.72 Å². The molecule has 25 heavy (non-hydrogen) atoms. The van der Waals surface area contributed by atoms with Crippen molar-refractivity contribution in [3.05, 3.63) is 11.9 Å². The molecule has 0 aromatic carbocycles. The van der Waals surface area contributed by atoms with Gasteiger partial charge >= 0.3 is 0 Å². The average Bonchev–Trinajstić information content (AvgIpc) is 2.86. The summed E-state index contributed by atoms with van der Waals surface area (Å²) in [6.45, 7) is 3.98. The number of aromatic nitrogens is 2. The number of hydrogen-bond donors (Lipinski definition) is 1. The third kappa shape index (κ3) is 2.95. The largest absolute Gasteiger partial charge is 0.272 e. The molecule has 5 rings (SSSR count). The molecule has 4 aliphatic rings. The molecule has 0 spiro atoms. The van der Waals surface area contributed by atoms with Crippen molar-refractivity contribution in [3.8, 4) is 0 Å². The summed E-state index contributed by atoms with van der Waals surface area (Å²) in [7, 11) is -1.73. The van der Waals surface area contributed by atoms with Crippen LogP contribution in [0.5, 0.6) is 0 Å². The van der Waals surface area contributed by atoms with Gasteiger partial charge in [-0.05, 0) is 75.0 Å². The SMILES string of the molecule is CCCC(NS(=O)(=O)c1cnn(C)c1C)C12CC3CC(CC(C3)C1)C2. The number of nitrogens with one attached hydrogen (secondary N) is 1. The molecule has 4 saturated carbocycles. The standard InChI is InChI=1S/C19H31N3O2S/c1-4-5-18(21-25(23,24)17-12-20-22(3)13(17)2)19-9-14-6-15(10-19)8-16(7-14)11-19/h12,14-16,18,21H,4-11H2,1-3H3. The predicted octanol–water partition coefficient (Wildman–Crippen LogP) is 3.39. The normalized spacial score (nSPS) is 35.2. The molecule has 140 valence electrons. The first-order chi connectivity index (χ1) is 11.8. The van der Waals surface area contributed by atoms with Crippen LogP contribution in [0.4, 0.5) is 0 Å². The van der Waals surface area contributed by atoms with E-state index in [1.165, 1.54) is 44.7 Å². The van der Waals surface area contributed by atoms with Crippen molar-refractivity contribution < 1.29 is 8.42 Å². The summed E-state index contributed by atoms with van der Waals surface area (Å²) in [4.78, 5) is 0.334. The highest BCUT2D eigenvalue weighted by molar-refractivity contribution is 7.89. The summed E-state index contributed by atoms with van der Waals surface area (Å²) in [5, 5.41) is 4.13. The van der Waals surface area contributed by atoms with E-state index in [9.17, 15) is 8.42 Å². The topological polar surface area (TPSA) is 64.0 Å². The lowest BCUT2D eigenvalue weighted by molar-refractivity contribution is -0.0712. The smallest absolute Gasteiger partial charge is 0.244 e. The molecule has 0 saturated heterocycles. The maximum atomic E-state index is 13.1. The Kier molecular flexibility index (Phi) is 4.27. The molecule has 4 bridgehead atoms. The third-order valence-corrected chi connectivity index (χ3v) is 8.75. The quantitative estimate of drug-likeness (QED) is 0.840. The fourth-order valence-electron chi connectivity index (χ4n) is 6.38. The minimum Gasteiger partial charge on any atom is -0.272 e. The van der Waals surface area contributed by atoms with Crippen molar-refractivity contribution in [2.24, 2.45) is 30.2 Å². The summed E-state index contributed by atoms with van der Waals surface area (Å²) in [6, 6.07) is 0.0653. The minimum atomic E-state index is -3.52. The zero-order valence-corrected chi connectivity index (χ0v) is 16.5. The molecule has 1 N–H and O–H groups in total. The molecule has 0 aliphatic heterocycles. The lowest BCUT2D eigenvalue weighted by atomic mass is 9.47. The van der Waals surface area contributed by atoms with Crippen LogP contribution in [0.1, 0.15) is 64.0 Å². The molecule has 5 nitrogen and oxygen atoms in total. The Morgan fingerprint density at radius 1 is 1.24 bits per heavy atom. The van der Waals surface area contributed by atoms with E-state index in [2.05, 4.69) is 16.7 Å². The molecule has 1 unspecified atom stereocenters. The maximum absolute atomic E-state index is 13.1. The monoisotopic (exact) mass is 365 g/mol. The molecule has 6 heteroatoms. The molecule has 0 radical (unpaired) electrons. The molecule has 1 aromatic rings. The number of aryl methyl sites for hydroxylation is 1. The van der Waals surface area contributed by atoms with Crippen LogP contribution in [0, 0.1) is 30.1 Å². The van der Waals surface area contributed by atoms with Crippen LogP contribution in [0.25, 0.3) is 0 Å². The van der Waals surface area contributed by atoms with Crippen LogP contribution >= 0.6 is 0 Å². The molecule has 1 atom stereocenters. The van der Waals surface area contributed by atoms with Crippen LogP contribution in [0.2, 0.25) is 0 Å². The maximum Gasteiger partial charge on any atom is 0.244 e. The highest BCUT2D eigenvalue weighted by atomic mass is 32.2. The van der Waals surface area contributed by atoms with Gasteiger partial charge in [0.25, 0.3) is 0 Å². The highest BCUT2D eigenvalue weighted by Crippen LogP contribution is 2.61. The summed E-state index contributed by atoms with van der Waals surface area (Å²) in [5.41, 5.74) is 0.891. The highest BCUT2D eigenvalue weighted by Gasteiger charge is 2.54. The van der Waals surface area contributed by atoms with E-state index in [1.54, 1.807) is 11.7 Å². The second kappa shape index (κ2) is 6.08. The number of sulfonamides is 1. The van der Waals surface area contributed by atoms with Gasteiger partial charge in [0.2, 0.25) is 10.0 Å². The molecule has 4 fully saturated rings. The Bertz CT molecular complexity index is 717. The molecule has 1 heterocycles. The predicted molar refractivity (Wildman–Crippen MR) is 97.6 cm³/mol. The average molecular weight is 366 g/mol. The van der Waals surface area contributed by atoms with E-state index >= 15 is 0 Å². The van der Waals surface area contributed by atoms with Crippen molar-refractivity contribution in [1.29, 1.82) is 0 Å². The first kappa shape index (κ1) is 17.5.